The van der Waals surface area contributed by atoms with Gasteiger partial charge in [-0.3, -0.25) is 0 Å². The number of unbranched alkanes of at least 4 members (excludes halogenated alkanes) is 1. The minimum Gasteiger partial charge on any atom is -0.0654 e. The van der Waals surface area contributed by atoms with Crippen molar-refractivity contribution in [1.29, 1.82) is 0 Å². The highest BCUT2D eigenvalue weighted by molar-refractivity contribution is 4.89. The molecule has 0 nitrogen and oxygen atoms in total. The molecule has 0 aromatic carbocycles. The van der Waals surface area contributed by atoms with Crippen LogP contribution >= 0.6 is 0 Å². The van der Waals surface area contributed by atoms with Crippen molar-refractivity contribution in [3.63, 3.8) is 0 Å². The van der Waals surface area contributed by atoms with E-state index in [4.69, 9.17) is 0 Å². The molecule has 0 spiro atoms. The maximum atomic E-state index is 2.50. The highest BCUT2D eigenvalue weighted by Crippen LogP contribution is 2.49. The van der Waals surface area contributed by atoms with Crippen molar-refractivity contribution in [2.75, 3.05) is 0 Å². The Morgan fingerprint density at radius 1 is 1.33 bits per heavy atom. The molecule has 0 aromatic rings. The van der Waals surface area contributed by atoms with E-state index in [9.17, 15) is 0 Å². The van der Waals surface area contributed by atoms with Gasteiger partial charge in [0.25, 0.3) is 0 Å². The molecule has 3 atom stereocenters. The molecule has 0 saturated heterocycles. The fourth-order valence-electron chi connectivity index (χ4n) is 2.66. The van der Waals surface area contributed by atoms with E-state index >= 15 is 0 Å². The van der Waals surface area contributed by atoms with Crippen LogP contribution in [0.3, 0.4) is 0 Å². The maximum Gasteiger partial charge on any atom is -0.0298 e. The van der Waals surface area contributed by atoms with Crippen LogP contribution < -0.4 is 0 Å². The summed E-state index contributed by atoms with van der Waals surface area (Å²) in [6.45, 7) is 9.67. The zero-order chi connectivity index (χ0) is 9.19. The third-order valence-corrected chi connectivity index (χ3v) is 4.23. The first-order valence-corrected chi connectivity index (χ1v) is 5.60. The van der Waals surface area contributed by atoms with Crippen molar-refractivity contribution in [1.82, 2.24) is 0 Å². The van der Waals surface area contributed by atoms with E-state index in [0.29, 0.717) is 5.41 Å². The van der Waals surface area contributed by atoms with Crippen molar-refractivity contribution >= 4 is 0 Å². The fraction of sp³-hybridized carbons (Fsp3) is 1.00. The molecule has 0 aromatic heterocycles. The molecular formula is C12H24. The highest BCUT2D eigenvalue weighted by atomic mass is 14.4. The summed E-state index contributed by atoms with van der Waals surface area (Å²) in [5.41, 5.74) is 0.676. The fourth-order valence-corrected chi connectivity index (χ4v) is 2.66. The van der Waals surface area contributed by atoms with E-state index in [1.807, 2.05) is 0 Å². The van der Waals surface area contributed by atoms with Crippen LogP contribution in [0.25, 0.3) is 0 Å². The molecule has 0 radical (unpaired) electrons. The monoisotopic (exact) mass is 168 g/mol. The molecule has 1 saturated carbocycles. The van der Waals surface area contributed by atoms with Crippen molar-refractivity contribution in [2.45, 2.75) is 59.8 Å². The lowest BCUT2D eigenvalue weighted by Crippen LogP contribution is -2.21. The number of hydrogen-bond acceptors (Lipinski definition) is 0. The van der Waals surface area contributed by atoms with Gasteiger partial charge in [0.15, 0.2) is 0 Å². The van der Waals surface area contributed by atoms with Gasteiger partial charge >= 0.3 is 0 Å². The van der Waals surface area contributed by atoms with Crippen molar-refractivity contribution in [3.8, 4) is 0 Å². The normalized spacial score (nSPS) is 42.0. The van der Waals surface area contributed by atoms with Crippen molar-refractivity contribution in [3.05, 3.63) is 0 Å². The van der Waals surface area contributed by atoms with Gasteiger partial charge in [-0.1, -0.05) is 40.5 Å². The van der Waals surface area contributed by atoms with Crippen LogP contribution in [-0.2, 0) is 0 Å². The molecule has 0 amide bonds. The van der Waals surface area contributed by atoms with Gasteiger partial charge < -0.3 is 0 Å². The van der Waals surface area contributed by atoms with Crippen molar-refractivity contribution in [2.24, 2.45) is 17.3 Å². The Labute approximate surface area is 77.7 Å². The summed E-state index contributed by atoms with van der Waals surface area (Å²) >= 11 is 0. The zero-order valence-corrected chi connectivity index (χ0v) is 9.19. The second kappa shape index (κ2) is 3.81. The predicted octanol–water partition coefficient (Wildman–Crippen LogP) is 4.25. The van der Waals surface area contributed by atoms with Gasteiger partial charge in [-0.05, 0) is 36.5 Å². The summed E-state index contributed by atoms with van der Waals surface area (Å²) in [6, 6.07) is 0. The van der Waals surface area contributed by atoms with Gasteiger partial charge in [-0.15, -0.1) is 0 Å². The Kier molecular flexibility index (Phi) is 3.20. The molecule has 1 fully saturated rings. The number of rotatable bonds is 3. The highest BCUT2D eigenvalue weighted by Gasteiger charge is 2.39. The Morgan fingerprint density at radius 3 is 2.42 bits per heavy atom. The first-order valence-electron chi connectivity index (χ1n) is 5.60. The molecular weight excluding hydrogens is 144 g/mol. The van der Waals surface area contributed by atoms with E-state index in [1.165, 1.54) is 32.1 Å². The molecule has 0 bridgehead atoms. The van der Waals surface area contributed by atoms with Gasteiger partial charge in [0.1, 0.15) is 0 Å². The van der Waals surface area contributed by atoms with E-state index in [0.717, 1.165) is 11.8 Å². The van der Waals surface area contributed by atoms with E-state index < -0.39 is 0 Å². The standard InChI is InChI=1S/C12H24/c1-5-6-8-12(4)9-7-10(2)11(12)3/h10-11H,5-9H2,1-4H3. The third-order valence-electron chi connectivity index (χ3n) is 4.23. The van der Waals surface area contributed by atoms with Gasteiger partial charge in [0, 0.05) is 0 Å². The van der Waals surface area contributed by atoms with E-state index in [2.05, 4.69) is 27.7 Å². The zero-order valence-electron chi connectivity index (χ0n) is 9.19. The average molecular weight is 168 g/mol. The maximum absolute atomic E-state index is 2.50. The molecule has 1 rings (SSSR count). The van der Waals surface area contributed by atoms with Crippen LogP contribution in [0.5, 0.6) is 0 Å². The molecule has 1 aliphatic rings. The lowest BCUT2D eigenvalue weighted by Gasteiger charge is -2.30. The molecule has 72 valence electrons. The summed E-state index contributed by atoms with van der Waals surface area (Å²) in [5.74, 6) is 1.91. The van der Waals surface area contributed by atoms with Crippen LogP contribution in [0.15, 0.2) is 0 Å². The quantitative estimate of drug-likeness (QED) is 0.591. The van der Waals surface area contributed by atoms with Crippen molar-refractivity contribution < 1.29 is 0 Å². The predicted molar refractivity (Wildman–Crippen MR) is 55.2 cm³/mol. The molecule has 3 unspecified atom stereocenters. The SMILES string of the molecule is CCCCC1(C)CCC(C)C1C. The number of hydrogen-bond donors (Lipinski definition) is 0. The Hall–Kier alpha value is 0. The summed E-state index contributed by atoms with van der Waals surface area (Å²) in [7, 11) is 0. The van der Waals surface area contributed by atoms with Crippen LogP contribution in [-0.4, -0.2) is 0 Å². The first kappa shape index (κ1) is 10.1. The van der Waals surface area contributed by atoms with Crippen LogP contribution in [0.1, 0.15) is 59.8 Å². The average Bonchev–Trinajstić information content (AvgIpc) is 2.31. The summed E-state index contributed by atoms with van der Waals surface area (Å²) in [5, 5.41) is 0. The molecule has 0 heterocycles. The van der Waals surface area contributed by atoms with Gasteiger partial charge in [-0.25, -0.2) is 0 Å². The van der Waals surface area contributed by atoms with Crippen LogP contribution in [0, 0.1) is 17.3 Å². The Morgan fingerprint density at radius 2 is 2.00 bits per heavy atom. The largest absolute Gasteiger partial charge is 0.0654 e. The Balaban J connectivity index is 2.47. The smallest absolute Gasteiger partial charge is 0.0298 e. The van der Waals surface area contributed by atoms with Gasteiger partial charge in [0.2, 0.25) is 0 Å². The molecule has 1 aliphatic carbocycles. The van der Waals surface area contributed by atoms with E-state index in [1.54, 1.807) is 0 Å². The Bertz CT molecular complexity index is 139. The lowest BCUT2D eigenvalue weighted by molar-refractivity contribution is 0.196. The molecule has 0 N–H and O–H groups in total. The molecule has 0 aliphatic heterocycles. The third kappa shape index (κ3) is 1.84. The minimum absolute atomic E-state index is 0.676. The second-order valence-corrected chi connectivity index (χ2v) is 5.06. The van der Waals surface area contributed by atoms with Gasteiger partial charge in [-0.2, -0.15) is 0 Å². The van der Waals surface area contributed by atoms with Crippen LogP contribution in [0.4, 0.5) is 0 Å². The van der Waals surface area contributed by atoms with E-state index in [-0.39, 0.29) is 0 Å². The first-order chi connectivity index (χ1) is 5.60. The lowest BCUT2D eigenvalue weighted by atomic mass is 9.75. The summed E-state index contributed by atoms with van der Waals surface area (Å²) < 4.78 is 0. The van der Waals surface area contributed by atoms with Gasteiger partial charge in [0.05, 0.1) is 0 Å². The summed E-state index contributed by atoms with van der Waals surface area (Å²) in [4.78, 5) is 0. The summed E-state index contributed by atoms with van der Waals surface area (Å²) in [6.07, 6.45) is 7.16. The molecule has 12 heavy (non-hydrogen) atoms. The molecule has 0 heteroatoms. The topological polar surface area (TPSA) is 0 Å². The second-order valence-electron chi connectivity index (χ2n) is 5.06. The minimum atomic E-state index is 0.676. The van der Waals surface area contributed by atoms with Crippen LogP contribution in [0.2, 0.25) is 0 Å².